The predicted octanol–water partition coefficient (Wildman–Crippen LogP) is 3.79. The van der Waals surface area contributed by atoms with Crippen LogP contribution >= 0.6 is 11.8 Å². The Bertz CT molecular complexity index is 589. The Morgan fingerprint density at radius 1 is 1.30 bits per heavy atom. The van der Waals surface area contributed by atoms with Gasteiger partial charge in [-0.3, -0.25) is 0 Å². The maximum absolute atomic E-state index is 6.49. The molecule has 0 spiro atoms. The van der Waals surface area contributed by atoms with Crippen molar-refractivity contribution in [3.8, 4) is 0 Å². The molecule has 3 nitrogen and oxygen atoms in total. The van der Waals surface area contributed by atoms with Crippen LogP contribution in [0.15, 0.2) is 33.9 Å². The summed E-state index contributed by atoms with van der Waals surface area (Å²) in [6.45, 7) is 3.93. The first kappa shape index (κ1) is 13.7. The number of thioether (sulfide) groups is 1. The molecule has 0 aliphatic heterocycles. The highest BCUT2D eigenvalue weighted by molar-refractivity contribution is 7.99. The minimum absolute atomic E-state index is 0.0474. The summed E-state index contributed by atoms with van der Waals surface area (Å²) < 4.78 is 5.69. The van der Waals surface area contributed by atoms with E-state index in [0.717, 1.165) is 29.5 Å². The van der Waals surface area contributed by atoms with Gasteiger partial charge < -0.3 is 10.2 Å². The number of hydrogen-bond donors (Lipinski definition) is 1. The third kappa shape index (κ3) is 2.63. The van der Waals surface area contributed by atoms with Gasteiger partial charge in [0.2, 0.25) is 0 Å². The van der Waals surface area contributed by atoms with Crippen LogP contribution in [-0.4, -0.2) is 10.2 Å². The van der Waals surface area contributed by atoms with E-state index in [1.54, 1.807) is 11.8 Å². The van der Waals surface area contributed by atoms with Gasteiger partial charge in [-0.05, 0) is 44.2 Å². The predicted molar refractivity (Wildman–Crippen MR) is 81.9 cm³/mol. The molecule has 1 aliphatic rings. The van der Waals surface area contributed by atoms with Crippen LogP contribution in [0.3, 0.4) is 0 Å². The molecule has 0 radical (unpaired) electrons. The Balaban J connectivity index is 1.83. The van der Waals surface area contributed by atoms with Crippen LogP contribution in [0.25, 0.3) is 0 Å². The van der Waals surface area contributed by atoms with Gasteiger partial charge in [-0.25, -0.2) is 4.98 Å². The number of aryl methyl sites for hydroxylation is 3. The van der Waals surface area contributed by atoms with Crippen LogP contribution in [0.1, 0.15) is 41.5 Å². The molecular formula is C16H20N2OS. The first-order valence-corrected chi connectivity index (χ1v) is 7.97. The first-order chi connectivity index (χ1) is 9.65. The van der Waals surface area contributed by atoms with Gasteiger partial charge in [0.25, 0.3) is 5.22 Å². The van der Waals surface area contributed by atoms with E-state index in [-0.39, 0.29) is 6.04 Å². The molecule has 2 aromatic rings. The van der Waals surface area contributed by atoms with Crippen molar-refractivity contribution in [2.75, 3.05) is 0 Å². The van der Waals surface area contributed by atoms with E-state index in [1.807, 2.05) is 13.8 Å². The van der Waals surface area contributed by atoms with Crippen LogP contribution in [0.4, 0.5) is 0 Å². The van der Waals surface area contributed by atoms with Crippen LogP contribution in [0.2, 0.25) is 0 Å². The monoisotopic (exact) mass is 288 g/mol. The number of nitrogens with two attached hydrogens (primary N) is 1. The zero-order valence-electron chi connectivity index (χ0n) is 11.9. The van der Waals surface area contributed by atoms with Gasteiger partial charge in [0.05, 0.1) is 5.69 Å². The van der Waals surface area contributed by atoms with Gasteiger partial charge in [0, 0.05) is 11.3 Å². The van der Waals surface area contributed by atoms with Gasteiger partial charge in [0.1, 0.15) is 5.76 Å². The van der Waals surface area contributed by atoms with Crippen molar-refractivity contribution < 1.29 is 4.42 Å². The van der Waals surface area contributed by atoms with Crippen molar-refractivity contribution >= 4 is 11.8 Å². The lowest BCUT2D eigenvalue weighted by Gasteiger charge is -2.20. The highest BCUT2D eigenvalue weighted by atomic mass is 32.2. The van der Waals surface area contributed by atoms with Crippen LogP contribution in [0, 0.1) is 13.8 Å². The Kier molecular flexibility index (Phi) is 3.85. The summed E-state index contributed by atoms with van der Waals surface area (Å²) in [5.74, 6) is 0.898. The Morgan fingerprint density at radius 3 is 2.85 bits per heavy atom. The van der Waals surface area contributed by atoms with E-state index in [0.29, 0.717) is 5.25 Å². The number of hydrogen-bond acceptors (Lipinski definition) is 4. The van der Waals surface area contributed by atoms with Crippen molar-refractivity contribution in [1.29, 1.82) is 0 Å². The summed E-state index contributed by atoms with van der Waals surface area (Å²) in [6.07, 6.45) is 3.38. The second-order valence-corrected chi connectivity index (χ2v) is 6.58. The second kappa shape index (κ2) is 5.62. The molecule has 0 fully saturated rings. The number of rotatable bonds is 2. The lowest BCUT2D eigenvalue weighted by molar-refractivity contribution is 0.428. The van der Waals surface area contributed by atoms with Gasteiger partial charge in [-0.1, -0.05) is 36.0 Å². The number of aromatic nitrogens is 1. The van der Waals surface area contributed by atoms with E-state index in [9.17, 15) is 0 Å². The van der Waals surface area contributed by atoms with E-state index in [1.165, 1.54) is 17.5 Å². The molecule has 1 aliphatic carbocycles. The maximum Gasteiger partial charge on any atom is 0.256 e. The van der Waals surface area contributed by atoms with Crippen molar-refractivity contribution in [2.45, 2.75) is 49.6 Å². The molecular weight excluding hydrogens is 268 g/mol. The van der Waals surface area contributed by atoms with Crippen LogP contribution in [-0.2, 0) is 6.42 Å². The number of nitrogens with zero attached hydrogens (tertiary/aromatic N) is 1. The average Bonchev–Trinajstić information content (AvgIpc) is 2.66. The van der Waals surface area contributed by atoms with E-state index >= 15 is 0 Å². The molecule has 20 heavy (non-hydrogen) atoms. The molecule has 0 amide bonds. The largest absolute Gasteiger partial charge is 0.437 e. The standard InChI is InChI=1S/C16H20N2OS/c1-10-11(2)19-16(18-10)20-14-9-5-7-12-6-3-4-8-13(12)15(14)17/h3-4,6,8,14-15H,5,7,9,17H2,1-2H3. The molecule has 2 N–H and O–H groups in total. The Morgan fingerprint density at radius 2 is 2.10 bits per heavy atom. The fourth-order valence-electron chi connectivity index (χ4n) is 2.72. The molecule has 1 heterocycles. The minimum atomic E-state index is 0.0474. The SMILES string of the molecule is Cc1nc(SC2CCCc3ccccc3C2N)oc1C. The lowest BCUT2D eigenvalue weighted by atomic mass is 10.00. The fourth-order valence-corrected chi connectivity index (χ4v) is 3.92. The number of fused-ring (bicyclic) bond motifs is 1. The van der Waals surface area contributed by atoms with Gasteiger partial charge >= 0.3 is 0 Å². The van der Waals surface area contributed by atoms with E-state index in [2.05, 4.69) is 29.2 Å². The highest BCUT2D eigenvalue weighted by Crippen LogP contribution is 2.37. The first-order valence-electron chi connectivity index (χ1n) is 7.09. The molecule has 1 aromatic carbocycles. The molecule has 2 unspecified atom stereocenters. The molecule has 106 valence electrons. The lowest BCUT2D eigenvalue weighted by Crippen LogP contribution is -2.23. The molecule has 4 heteroatoms. The normalized spacial score (nSPS) is 22.4. The molecule has 3 rings (SSSR count). The summed E-state index contributed by atoms with van der Waals surface area (Å²) in [5, 5.41) is 1.08. The molecule has 0 saturated heterocycles. The Hall–Kier alpha value is -1.26. The van der Waals surface area contributed by atoms with Gasteiger partial charge in [0.15, 0.2) is 0 Å². The van der Waals surface area contributed by atoms with E-state index < -0.39 is 0 Å². The summed E-state index contributed by atoms with van der Waals surface area (Å²) in [5.41, 5.74) is 10.1. The topological polar surface area (TPSA) is 52.0 Å². The minimum Gasteiger partial charge on any atom is -0.437 e. The van der Waals surface area contributed by atoms with Gasteiger partial charge in [-0.2, -0.15) is 0 Å². The fraction of sp³-hybridized carbons (Fsp3) is 0.438. The molecule has 1 aromatic heterocycles. The third-order valence-electron chi connectivity index (χ3n) is 4.01. The third-order valence-corrected chi connectivity index (χ3v) is 5.22. The van der Waals surface area contributed by atoms with Crippen LogP contribution < -0.4 is 5.73 Å². The average molecular weight is 288 g/mol. The quantitative estimate of drug-likeness (QED) is 0.854. The van der Waals surface area contributed by atoms with Crippen molar-refractivity contribution in [3.63, 3.8) is 0 Å². The van der Waals surface area contributed by atoms with Gasteiger partial charge in [-0.15, -0.1) is 0 Å². The number of benzene rings is 1. The second-order valence-electron chi connectivity index (χ2n) is 5.39. The zero-order valence-corrected chi connectivity index (χ0v) is 12.7. The maximum atomic E-state index is 6.49. The summed E-state index contributed by atoms with van der Waals surface area (Å²) in [4.78, 5) is 4.47. The Labute approximate surface area is 124 Å². The smallest absolute Gasteiger partial charge is 0.256 e. The molecule has 0 bridgehead atoms. The zero-order chi connectivity index (χ0) is 14.1. The van der Waals surface area contributed by atoms with E-state index in [4.69, 9.17) is 10.2 Å². The molecule has 2 atom stereocenters. The molecule has 0 saturated carbocycles. The summed E-state index contributed by atoms with van der Waals surface area (Å²) in [6, 6.07) is 8.57. The summed E-state index contributed by atoms with van der Waals surface area (Å²) >= 11 is 1.68. The highest BCUT2D eigenvalue weighted by Gasteiger charge is 2.27. The summed E-state index contributed by atoms with van der Waals surface area (Å²) in [7, 11) is 0. The number of oxazole rings is 1. The van der Waals surface area contributed by atoms with Crippen molar-refractivity contribution in [2.24, 2.45) is 5.73 Å². The van der Waals surface area contributed by atoms with Crippen molar-refractivity contribution in [1.82, 2.24) is 4.98 Å². The van der Waals surface area contributed by atoms with Crippen LogP contribution in [0.5, 0.6) is 0 Å². The van der Waals surface area contributed by atoms with Crippen molar-refractivity contribution in [3.05, 3.63) is 46.8 Å².